The van der Waals surface area contributed by atoms with Crippen LogP contribution >= 0.6 is 15.9 Å². The number of aliphatic hydroxyl groups is 1. The number of hydrogen-bond donors (Lipinski definition) is 1. The van der Waals surface area contributed by atoms with Gasteiger partial charge in [0.2, 0.25) is 11.8 Å². The third-order valence-electron chi connectivity index (χ3n) is 8.97. The van der Waals surface area contributed by atoms with Gasteiger partial charge in [-0.2, -0.15) is 0 Å². The van der Waals surface area contributed by atoms with E-state index in [1.54, 1.807) is 29.0 Å². The fourth-order valence-corrected chi connectivity index (χ4v) is 7.95. The van der Waals surface area contributed by atoms with Gasteiger partial charge in [-0.3, -0.25) is 14.4 Å². The van der Waals surface area contributed by atoms with Crippen molar-refractivity contribution >= 4 is 45.0 Å². The number of benzene rings is 1. The number of likely N-dealkylation sites (tertiary alicyclic amines) is 1. The number of alkyl halides is 1. The molecule has 3 aliphatic rings. The lowest BCUT2D eigenvalue weighted by Crippen LogP contribution is -2.59. The number of hydrogen-bond acceptors (Lipinski definition) is 6. The van der Waals surface area contributed by atoms with Crippen LogP contribution in [0.25, 0.3) is 0 Å². The molecule has 3 fully saturated rings. The molecule has 0 saturated carbocycles. The summed E-state index contributed by atoms with van der Waals surface area (Å²) in [6.07, 6.45) is 3.61. The highest BCUT2D eigenvalue weighted by molar-refractivity contribution is 9.09. The largest absolute Gasteiger partial charge is 0.394 e. The SMILES string of the molecule is C=CCN(C)C(=O)[C@H]1[C@H]2C(=O)N([C@@H](CC)CO)C(C(=O)N(CC=C)c3ccc(N(CC)CC)cc3)C23CC(Br)[C@@H]1O3. The van der Waals surface area contributed by atoms with Crippen LogP contribution in [-0.2, 0) is 19.1 Å². The molecular weight excluding hydrogens is 588 g/mol. The predicted octanol–water partition coefficient (Wildman–Crippen LogP) is 3.22. The van der Waals surface area contributed by atoms with E-state index in [9.17, 15) is 19.5 Å². The van der Waals surface area contributed by atoms with Crippen LogP contribution in [0, 0.1) is 11.8 Å². The Hall–Kier alpha value is -2.69. The zero-order chi connectivity index (χ0) is 30.1. The second-order valence-corrected chi connectivity index (χ2v) is 12.3. The van der Waals surface area contributed by atoms with E-state index in [-0.39, 0.29) is 35.7 Å². The number of rotatable bonds is 13. The molecule has 10 heteroatoms. The van der Waals surface area contributed by atoms with Crippen molar-refractivity contribution in [3.05, 3.63) is 49.6 Å². The number of nitrogens with zero attached hydrogens (tertiary/aromatic N) is 4. The highest BCUT2D eigenvalue weighted by Gasteiger charge is 2.77. The van der Waals surface area contributed by atoms with Crippen LogP contribution in [-0.4, -0.2) is 101 Å². The number of halogens is 1. The average Bonchev–Trinajstić information content (AvgIpc) is 3.56. The summed E-state index contributed by atoms with van der Waals surface area (Å²) < 4.78 is 6.63. The van der Waals surface area contributed by atoms with Gasteiger partial charge in [0.05, 0.1) is 30.6 Å². The summed E-state index contributed by atoms with van der Waals surface area (Å²) in [4.78, 5) is 49.4. The fraction of sp³-hybridized carbons (Fsp3) is 0.581. The first kappa shape index (κ1) is 31.3. The normalized spacial score (nSPS) is 28.8. The first-order valence-electron chi connectivity index (χ1n) is 14.5. The molecule has 7 atom stereocenters. The van der Waals surface area contributed by atoms with Gasteiger partial charge >= 0.3 is 0 Å². The monoisotopic (exact) mass is 630 g/mol. The van der Waals surface area contributed by atoms with E-state index in [1.165, 1.54) is 4.90 Å². The second kappa shape index (κ2) is 12.7. The summed E-state index contributed by atoms with van der Waals surface area (Å²) in [5.41, 5.74) is 0.527. The summed E-state index contributed by atoms with van der Waals surface area (Å²) in [5, 5.41) is 10.3. The molecule has 2 bridgehead atoms. The van der Waals surface area contributed by atoms with E-state index >= 15 is 0 Å². The molecule has 224 valence electrons. The van der Waals surface area contributed by atoms with Gasteiger partial charge in [-0.15, -0.1) is 13.2 Å². The maximum absolute atomic E-state index is 14.7. The van der Waals surface area contributed by atoms with Gasteiger partial charge < -0.3 is 29.4 Å². The van der Waals surface area contributed by atoms with Gasteiger partial charge in [-0.05, 0) is 51.0 Å². The van der Waals surface area contributed by atoms with Crippen molar-refractivity contribution in [2.75, 3.05) is 49.6 Å². The molecule has 0 radical (unpaired) electrons. The van der Waals surface area contributed by atoms with E-state index in [4.69, 9.17) is 4.74 Å². The highest BCUT2D eigenvalue weighted by atomic mass is 79.9. The molecule has 1 spiro atoms. The summed E-state index contributed by atoms with van der Waals surface area (Å²) in [5.74, 6) is -2.41. The van der Waals surface area contributed by atoms with E-state index in [2.05, 4.69) is 47.8 Å². The Labute approximate surface area is 251 Å². The number of fused-ring (bicyclic) bond motifs is 1. The average molecular weight is 632 g/mol. The Morgan fingerprint density at radius 1 is 1.12 bits per heavy atom. The number of amides is 3. The van der Waals surface area contributed by atoms with Crippen molar-refractivity contribution in [1.29, 1.82) is 0 Å². The first-order chi connectivity index (χ1) is 19.6. The summed E-state index contributed by atoms with van der Waals surface area (Å²) in [6.45, 7) is 15.7. The Morgan fingerprint density at radius 3 is 2.27 bits per heavy atom. The van der Waals surface area contributed by atoms with Crippen molar-refractivity contribution in [2.24, 2.45) is 11.8 Å². The highest BCUT2D eigenvalue weighted by Crippen LogP contribution is 2.61. The number of carbonyl (C=O) groups is 3. The Balaban J connectivity index is 1.79. The molecule has 1 aromatic carbocycles. The van der Waals surface area contributed by atoms with E-state index in [0.29, 0.717) is 25.1 Å². The molecule has 3 amide bonds. The summed E-state index contributed by atoms with van der Waals surface area (Å²) in [6, 6.07) is 6.20. The molecule has 1 aromatic rings. The standard InChI is InChI=1S/C31H43BrN4O5/c1-7-16-33(6)28(38)24-25-29(39)36(20(9-3)19-37)27(31(25)18-23(32)26(24)41-31)30(40)35(17-8-2)22-14-12-21(13-15-22)34(10-4)11-5/h7-8,12-15,20,23-27,37H,1-2,9-11,16-19H2,3-6H3/t20-,23?,24-,25-,26-,27?,31?/m0/s1. The van der Waals surface area contributed by atoms with Crippen molar-refractivity contribution in [3.8, 4) is 0 Å². The number of likely N-dealkylation sites (N-methyl/N-ethyl adjacent to an activating group) is 1. The van der Waals surface area contributed by atoms with Crippen LogP contribution in [0.3, 0.4) is 0 Å². The molecule has 41 heavy (non-hydrogen) atoms. The molecule has 9 nitrogen and oxygen atoms in total. The molecular formula is C31H43BrN4O5. The van der Waals surface area contributed by atoms with Crippen molar-refractivity contribution in [3.63, 3.8) is 0 Å². The molecule has 1 N–H and O–H groups in total. The van der Waals surface area contributed by atoms with Crippen LogP contribution in [0.1, 0.15) is 33.6 Å². The second-order valence-electron chi connectivity index (χ2n) is 11.1. The lowest BCUT2D eigenvalue weighted by Gasteiger charge is -2.39. The molecule has 0 aromatic heterocycles. The fourth-order valence-electron chi connectivity index (χ4n) is 7.01. The van der Waals surface area contributed by atoms with Crippen molar-refractivity contribution in [2.45, 2.75) is 62.2 Å². The van der Waals surface area contributed by atoms with Crippen LogP contribution < -0.4 is 9.80 Å². The molecule has 3 aliphatic heterocycles. The van der Waals surface area contributed by atoms with Gasteiger partial charge in [0.25, 0.3) is 5.91 Å². The Morgan fingerprint density at radius 2 is 1.73 bits per heavy atom. The third-order valence-corrected chi connectivity index (χ3v) is 9.81. The number of aliphatic hydroxyl groups excluding tert-OH is 1. The summed E-state index contributed by atoms with van der Waals surface area (Å²) in [7, 11) is 1.68. The van der Waals surface area contributed by atoms with Gasteiger partial charge in [0.15, 0.2) is 0 Å². The van der Waals surface area contributed by atoms with E-state index in [1.807, 2.05) is 31.2 Å². The molecule has 3 heterocycles. The van der Waals surface area contributed by atoms with Crippen molar-refractivity contribution < 1.29 is 24.2 Å². The Kier molecular flexibility index (Phi) is 9.66. The number of carbonyl (C=O) groups excluding carboxylic acids is 3. The predicted molar refractivity (Wildman–Crippen MR) is 164 cm³/mol. The third kappa shape index (κ3) is 5.12. The molecule has 3 unspecified atom stereocenters. The van der Waals surface area contributed by atoms with Crippen LogP contribution in [0.15, 0.2) is 49.6 Å². The van der Waals surface area contributed by atoms with E-state index < -0.39 is 35.6 Å². The quantitative estimate of drug-likeness (QED) is 0.266. The zero-order valence-corrected chi connectivity index (χ0v) is 26.1. The molecule has 3 saturated heterocycles. The van der Waals surface area contributed by atoms with Gasteiger partial charge in [-0.1, -0.05) is 35.0 Å². The minimum Gasteiger partial charge on any atom is -0.394 e. The minimum atomic E-state index is -1.20. The van der Waals surface area contributed by atoms with Crippen LogP contribution in [0.2, 0.25) is 0 Å². The first-order valence-corrected chi connectivity index (χ1v) is 15.4. The summed E-state index contributed by atoms with van der Waals surface area (Å²) >= 11 is 3.72. The lowest BCUT2D eigenvalue weighted by atomic mass is 9.70. The van der Waals surface area contributed by atoms with E-state index in [0.717, 1.165) is 18.8 Å². The van der Waals surface area contributed by atoms with Gasteiger partial charge in [0.1, 0.15) is 11.6 Å². The minimum absolute atomic E-state index is 0.205. The van der Waals surface area contributed by atoms with Gasteiger partial charge in [-0.25, -0.2) is 0 Å². The Bertz CT molecular complexity index is 1150. The van der Waals surface area contributed by atoms with Crippen molar-refractivity contribution in [1.82, 2.24) is 9.80 Å². The number of anilines is 2. The lowest BCUT2D eigenvalue weighted by molar-refractivity contribution is -0.146. The molecule has 0 aliphatic carbocycles. The van der Waals surface area contributed by atoms with Gasteiger partial charge in [0, 0.05) is 49.4 Å². The maximum Gasteiger partial charge on any atom is 0.253 e. The smallest absolute Gasteiger partial charge is 0.253 e. The van der Waals surface area contributed by atoms with Crippen LogP contribution in [0.4, 0.5) is 11.4 Å². The zero-order valence-electron chi connectivity index (χ0n) is 24.5. The van der Waals surface area contributed by atoms with Crippen LogP contribution in [0.5, 0.6) is 0 Å². The number of ether oxygens (including phenoxy) is 1. The maximum atomic E-state index is 14.7. The topological polar surface area (TPSA) is 93.6 Å². The molecule has 4 rings (SSSR count).